The lowest BCUT2D eigenvalue weighted by molar-refractivity contribution is 0.506. The first kappa shape index (κ1) is 15.9. The SMILES string of the molecule is O=S1(=O)CCC(n2nccc2NS(=O)(=O)c2cccc(F)c2)C1. The van der Waals surface area contributed by atoms with Crippen LogP contribution in [0.5, 0.6) is 0 Å². The summed E-state index contributed by atoms with van der Waals surface area (Å²) in [6, 6.07) is 5.63. The van der Waals surface area contributed by atoms with E-state index in [1.165, 1.54) is 29.1 Å². The average Bonchev–Trinajstić information content (AvgIpc) is 3.04. The third-order valence-corrected chi connectivity index (χ3v) is 6.67. The van der Waals surface area contributed by atoms with Crippen LogP contribution in [-0.4, -0.2) is 38.1 Å². The van der Waals surface area contributed by atoms with Crippen molar-refractivity contribution in [3.63, 3.8) is 0 Å². The summed E-state index contributed by atoms with van der Waals surface area (Å²) in [6.45, 7) is 0. The van der Waals surface area contributed by atoms with E-state index >= 15 is 0 Å². The Balaban J connectivity index is 1.88. The number of benzene rings is 1. The van der Waals surface area contributed by atoms with Crippen molar-refractivity contribution in [2.24, 2.45) is 0 Å². The maximum absolute atomic E-state index is 13.2. The van der Waals surface area contributed by atoms with Gasteiger partial charge in [-0.25, -0.2) is 25.9 Å². The van der Waals surface area contributed by atoms with Crippen LogP contribution in [0.15, 0.2) is 41.4 Å². The summed E-state index contributed by atoms with van der Waals surface area (Å²) >= 11 is 0. The van der Waals surface area contributed by atoms with Gasteiger partial charge in [0.15, 0.2) is 9.84 Å². The van der Waals surface area contributed by atoms with Crippen LogP contribution >= 0.6 is 0 Å². The van der Waals surface area contributed by atoms with E-state index in [0.717, 1.165) is 12.1 Å². The molecule has 1 saturated heterocycles. The number of sulfone groups is 1. The zero-order valence-electron chi connectivity index (χ0n) is 11.9. The first-order valence-corrected chi connectivity index (χ1v) is 10.1. The van der Waals surface area contributed by atoms with Crippen LogP contribution in [0.3, 0.4) is 0 Å². The first-order valence-electron chi connectivity index (χ1n) is 6.79. The van der Waals surface area contributed by atoms with Crippen molar-refractivity contribution in [3.05, 3.63) is 42.3 Å². The van der Waals surface area contributed by atoms with Gasteiger partial charge in [0.1, 0.15) is 11.6 Å². The predicted molar refractivity (Wildman–Crippen MR) is 81.7 cm³/mol. The number of aromatic nitrogens is 2. The molecule has 7 nitrogen and oxygen atoms in total. The number of sulfonamides is 1. The number of rotatable bonds is 4. The summed E-state index contributed by atoms with van der Waals surface area (Å²) in [6.07, 6.45) is 1.76. The molecule has 10 heteroatoms. The molecule has 1 N–H and O–H groups in total. The van der Waals surface area contributed by atoms with Crippen molar-refractivity contribution in [2.45, 2.75) is 17.4 Å². The molecule has 0 radical (unpaired) electrons. The Hall–Kier alpha value is -1.94. The van der Waals surface area contributed by atoms with Gasteiger partial charge >= 0.3 is 0 Å². The second-order valence-corrected chi connectivity index (χ2v) is 9.19. The smallest absolute Gasteiger partial charge is 0.263 e. The molecule has 0 saturated carbocycles. The standard InChI is InChI=1S/C13H14FN3O4S2/c14-10-2-1-3-12(8-10)23(20,21)16-13-4-6-15-17(13)11-5-7-22(18,19)9-11/h1-4,6,8,11,16H,5,7,9H2. The highest BCUT2D eigenvalue weighted by molar-refractivity contribution is 7.92. The lowest BCUT2D eigenvalue weighted by Crippen LogP contribution is -2.20. The van der Waals surface area contributed by atoms with Gasteiger partial charge in [0.05, 0.1) is 28.6 Å². The zero-order chi connectivity index (χ0) is 16.7. The zero-order valence-corrected chi connectivity index (χ0v) is 13.5. The van der Waals surface area contributed by atoms with Crippen molar-refractivity contribution >= 4 is 25.7 Å². The van der Waals surface area contributed by atoms with Crippen LogP contribution in [0.1, 0.15) is 12.5 Å². The lowest BCUT2D eigenvalue weighted by atomic mass is 10.3. The Morgan fingerprint density at radius 2 is 2.09 bits per heavy atom. The Kier molecular flexibility index (Phi) is 3.88. The normalized spacial score (nSPS) is 20.5. The van der Waals surface area contributed by atoms with E-state index in [0.29, 0.717) is 6.42 Å². The second-order valence-electron chi connectivity index (χ2n) is 5.28. The quantitative estimate of drug-likeness (QED) is 0.884. The summed E-state index contributed by atoms with van der Waals surface area (Å²) < 4.78 is 64.6. The molecule has 3 rings (SSSR count). The summed E-state index contributed by atoms with van der Waals surface area (Å²) in [5.41, 5.74) is 0. The maximum atomic E-state index is 13.2. The van der Waals surface area contributed by atoms with E-state index in [2.05, 4.69) is 9.82 Å². The van der Waals surface area contributed by atoms with Crippen LogP contribution in [0.4, 0.5) is 10.2 Å². The van der Waals surface area contributed by atoms with E-state index in [1.54, 1.807) is 0 Å². The maximum Gasteiger partial charge on any atom is 0.263 e. The fourth-order valence-corrected chi connectivity index (χ4v) is 5.26. The molecule has 1 unspecified atom stereocenters. The van der Waals surface area contributed by atoms with Gasteiger partial charge in [-0.05, 0) is 24.6 Å². The van der Waals surface area contributed by atoms with Crippen molar-refractivity contribution in [1.82, 2.24) is 9.78 Å². The largest absolute Gasteiger partial charge is 0.264 e. The van der Waals surface area contributed by atoms with E-state index in [4.69, 9.17) is 0 Å². The van der Waals surface area contributed by atoms with Crippen LogP contribution in [0.2, 0.25) is 0 Å². The molecule has 1 aliphatic rings. The Morgan fingerprint density at radius 1 is 1.30 bits per heavy atom. The third-order valence-electron chi connectivity index (χ3n) is 3.57. The van der Waals surface area contributed by atoms with Gasteiger partial charge in [-0.2, -0.15) is 5.10 Å². The van der Waals surface area contributed by atoms with Gasteiger partial charge in [-0.3, -0.25) is 4.72 Å². The minimum absolute atomic E-state index is 0.0492. The molecule has 1 atom stereocenters. The highest BCUT2D eigenvalue weighted by atomic mass is 32.2. The lowest BCUT2D eigenvalue weighted by Gasteiger charge is -2.14. The molecule has 1 fully saturated rings. The summed E-state index contributed by atoms with van der Waals surface area (Å²) in [7, 11) is -7.11. The van der Waals surface area contributed by atoms with Crippen LogP contribution in [0, 0.1) is 5.82 Å². The van der Waals surface area contributed by atoms with Crippen LogP contribution < -0.4 is 4.72 Å². The number of nitrogens with one attached hydrogen (secondary N) is 1. The van der Waals surface area contributed by atoms with E-state index < -0.39 is 31.7 Å². The molecular weight excluding hydrogens is 345 g/mol. The molecule has 2 aromatic rings. The molecule has 0 bridgehead atoms. The average molecular weight is 359 g/mol. The van der Waals surface area contributed by atoms with E-state index in [-0.39, 0.29) is 22.2 Å². The molecule has 0 aliphatic carbocycles. The van der Waals surface area contributed by atoms with Crippen LogP contribution in [-0.2, 0) is 19.9 Å². The number of hydrogen-bond donors (Lipinski definition) is 1. The summed E-state index contributed by atoms with van der Waals surface area (Å²) in [5, 5.41) is 4.01. The monoisotopic (exact) mass is 359 g/mol. The van der Waals surface area contributed by atoms with Gasteiger partial charge in [0.25, 0.3) is 10.0 Å². The highest BCUT2D eigenvalue weighted by Crippen LogP contribution is 2.27. The Bertz CT molecular complexity index is 938. The van der Waals surface area contributed by atoms with Crippen molar-refractivity contribution in [3.8, 4) is 0 Å². The van der Waals surface area contributed by atoms with E-state index in [1.807, 2.05) is 0 Å². The molecular formula is C13H14FN3O4S2. The molecule has 1 aromatic heterocycles. The first-order chi connectivity index (χ1) is 10.8. The van der Waals surface area contributed by atoms with Gasteiger partial charge in [-0.1, -0.05) is 6.07 Å². The molecule has 1 aliphatic heterocycles. The van der Waals surface area contributed by atoms with Gasteiger partial charge in [0.2, 0.25) is 0 Å². The third kappa shape index (κ3) is 3.37. The van der Waals surface area contributed by atoms with Crippen molar-refractivity contribution < 1.29 is 21.2 Å². The van der Waals surface area contributed by atoms with Crippen molar-refractivity contribution in [1.29, 1.82) is 0 Å². The van der Waals surface area contributed by atoms with Gasteiger partial charge in [0, 0.05) is 6.07 Å². The topological polar surface area (TPSA) is 98.1 Å². The molecule has 23 heavy (non-hydrogen) atoms. The number of nitrogens with zero attached hydrogens (tertiary/aromatic N) is 2. The molecule has 124 valence electrons. The van der Waals surface area contributed by atoms with Crippen molar-refractivity contribution in [2.75, 3.05) is 16.2 Å². The molecule has 2 heterocycles. The Morgan fingerprint density at radius 3 is 2.74 bits per heavy atom. The fraction of sp³-hybridized carbons (Fsp3) is 0.308. The Labute approximate surface area is 133 Å². The van der Waals surface area contributed by atoms with Gasteiger partial charge < -0.3 is 0 Å². The number of halogens is 1. The van der Waals surface area contributed by atoms with E-state index in [9.17, 15) is 21.2 Å². The summed E-state index contributed by atoms with van der Waals surface area (Å²) in [5.74, 6) is -0.545. The van der Waals surface area contributed by atoms with Crippen LogP contribution in [0.25, 0.3) is 0 Å². The number of hydrogen-bond acceptors (Lipinski definition) is 5. The molecule has 1 aromatic carbocycles. The number of anilines is 1. The second kappa shape index (κ2) is 5.60. The summed E-state index contributed by atoms with van der Waals surface area (Å²) in [4.78, 5) is -0.218. The highest BCUT2D eigenvalue weighted by Gasteiger charge is 2.31. The molecule has 0 spiro atoms. The minimum Gasteiger partial charge on any atom is -0.264 e. The fourth-order valence-electron chi connectivity index (χ4n) is 2.49. The minimum atomic E-state index is -3.99. The predicted octanol–water partition coefficient (Wildman–Crippen LogP) is 1.18. The molecule has 0 amide bonds. The van der Waals surface area contributed by atoms with Gasteiger partial charge in [-0.15, -0.1) is 0 Å².